The molecule has 0 aliphatic carbocycles. The van der Waals surface area contributed by atoms with Crippen molar-refractivity contribution < 1.29 is 9.18 Å². The second kappa shape index (κ2) is 5.08. The summed E-state index contributed by atoms with van der Waals surface area (Å²) in [6.07, 6.45) is 0. The van der Waals surface area contributed by atoms with Crippen LogP contribution in [0.5, 0.6) is 0 Å². The van der Waals surface area contributed by atoms with Gasteiger partial charge < -0.3 is 10.6 Å². The maximum Gasteiger partial charge on any atom is 0.238 e. The normalized spacial score (nSPS) is 9.40. The van der Waals surface area contributed by atoms with E-state index in [-0.39, 0.29) is 23.7 Å². The van der Waals surface area contributed by atoms with Gasteiger partial charge in [0, 0.05) is 0 Å². The molecule has 0 aliphatic heterocycles. The van der Waals surface area contributed by atoms with Crippen molar-refractivity contribution in [1.82, 2.24) is 5.32 Å². The average molecular weight is 207 g/mol. The molecule has 15 heavy (non-hydrogen) atoms. The first-order valence-corrected chi connectivity index (χ1v) is 4.32. The first kappa shape index (κ1) is 11.1. The van der Waals surface area contributed by atoms with Gasteiger partial charge in [-0.2, -0.15) is 5.26 Å². The SMILES string of the molecule is CNCC(=O)Nc1cccc(F)c1C#N. The van der Waals surface area contributed by atoms with Crippen LogP contribution in [-0.2, 0) is 4.79 Å². The fourth-order valence-electron chi connectivity index (χ4n) is 1.10. The number of rotatable bonds is 3. The molecule has 0 bridgehead atoms. The summed E-state index contributed by atoms with van der Waals surface area (Å²) in [5.74, 6) is -0.959. The van der Waals surface area contributed by atoms with E-state index in [2.05, 4.69) is 10.6 Å². The summed E-state index contributed by atoms with van der Waals surface area (Å²) in [5.41, 5.74) is 0.0414. The zero-order chi connectivity index (χ0) is 11.3. The molecule has 0 atom stereocenters. The lowest BCUT2D eigenvalue weighted by Gasteiger charge is -2.06. The van der Waals surface area contributed by atoms with Gasteiger partial charge in [0.05, 0.1) is 12.2 Å². The summed E-state index contributed by atoms with van der Waals surface area (Å²) in [7, 11) is 1.62. The van der Waals surface area contributed by atoms with Crippen LogP contribution in [0.4, 0.5) is 10.1 Å². The smallest absolute Gasteiger partial charge is 0.238 e. The third-order valence-corrected chi connectivity index (χ3v) is 1.74. The van der Waals surface area contributed by atoms with Crippen molar-refractivity contribution in [2.24, 2.45) is 0 Å². The van der Waals surface area contributed by atoms with E-state index in [9.17, 15) is 9.18 Å². The lowest BCUT2D eigenvalue weighted by molar-refractivity contribution is -0.115. The van der Waals surface area contributed by atoms with Crippen LogP contribution in [0.2, 0.25) is 0 Å². The number of likely N-dealkylation sites (N-methyl/N-ethyl adjacent to an activating group) is 1. The number of amides is 1. The molecule has 0 spiro atoms. The van der Waals surface area contributed by atoms with Gasteiger partial charge in [-0.05, 0) is 19.2 Å². The number of carbonyl (C=O) groups is 1. The fraction of sp³-hybridized carbons (Fsp3) is 0.200. The van der Waals surface area contributed by atoms with Gasteiger partial charge in [0.2, 0.25) is 5.91 Å². The molecule has 0 aliphatic rings. The molecule has 1 amide bonds. The fourth-order valence-corrected chi connectivity index (χ4v) is 1.10. The van der Waals surface area contributed by atoms with Crippen LogP contribution < -0.4 is 10.6 Å². The Kier molecular flexibility index (Phi) is 3.77. The van der Waals surface area contributed by atoms with Crippen molar-refractivity contribution >= 4 is 11.6 Å². The molecule has 78 valence electrons. The van der Waals surface area contributed by atoms with Crippen molar-refractivity contribution in [3.63, 3.8) is 0 Å². The van der Waals surface area contributed by atoms with Gasteiger partial charge in [-0.25, -0.2) is 4.39 Å². The van der Waals surface area contributed by atoms with Crippen LogP contribution in [-0.4, -0.2) is 19.5 Å². The minimum Gasteiger partial charge on any atom is -0.324 e. The van der Waals surface area contributed by atoms with Gasteiger partial charge in [0.25, 0.3) is 0 Å². The molecular weight excluding hydrogens is 197 g/mol. The number of nitrogens with zero attached hydrogens (tertiary/aromatic N) is 1. The predicted octanol–water partition coefficient (Wildman–Crippen LogP) is 0.855. The molecule has 0 fully saturated rings. The molecule has 0 unspecified atom stereocenters. The minimum atomic E-state index is -0.639. The summed E-state index contributed by atoms with van der Waals surface area (Å²) in [5, 5.41) is 13.8. The Bertz CT molecular complexity index is 412. The van der Waals surface area contributed by atoms with Crippen molar-refractivity contribution in [2.75, 3.05) is 18.9 Å². The van der Waals surface area contributed by atoms with Crippen molar-refractivity contribution in [3.05, 3.63) is 29.6 Å². The summed E-state index contributed by atoms with van der Waals surface area (Å²) < 4.78 is 13.1. The second-order valence-electron chi connectivity index (χ2n) is 2.85. The van der Waals surface area contributed by atoms with Gasteiger partial charge in [-0.3, -0.25) is 4.79 Å². The average Bonchev–Trinajstić information content (AvgIpc) is 2.18. The molecule has 2 N–H and O–H groups in total. The number of hydrogen-bond donors (Lipinski definition) is 2. The first-order chi connectivity index (χ1) is 7.19. The molecule has 1 aromatic carbocycles. The highest BCUT2D eigenvalue weighted by Crippen LogP contribution is 2.17. The van der Waals surface area contributed by atoms with E-state index < -0.39 is 5.82 Å². The Labute approximate surface area is 86.7 Å². The van der Waals surface area contributed by atoms with Gasteiger partial charge in [-0.15, -0.1) is 0 Å². The number of halogens is 1. The Morgan fingerprint density at radius 1 is 1.60 bits per heavy atom. The predicted molar refractivity (Wildman–Crippen MR) is 53.7 cm³/mol. The third-order valence-electron chi connectivity index (χ3n) is 1.74. The minimum absolute atomic E-state index is 0.112. The summed E-state index contributed by atoms with van der Waals surface area (Å²) in [6, 6.07) is 5.79. The Morgan fingerprint density at radius 3 is 2.93 bits per heavy atom. The Morgan fingerprint density at radius 2 is 2.33 bits per heavy atom. The van der Waals surface area contributed by atoms with E-state index >= 15 is 0 Å². The number of benzene rings is 1. The molecule has 0 heterocycles. The maximum atomic E-state index is 13.1. The van der Waals surface area contributed by atoms with Crippen LogP contribution in [0.25, 0.3) is 0 Å². The summed E-state index contributed by atoms with van der Waals surface area (Å²) in [4.78, 5) is 11.2. The molecule has 0 saturated carbocycles. The van der Waals surface area contributed by atoms with Crippen LogP contribution in [0.1, 0.15) is 5.56 Å². The molecular formula is C10H10FN3O. The largest absolute Gasteiger partial charge is 0.324 e. The molecule has 0 saturated heterocycles. The van der Waals surface area contributed by atoms with E-state index in [0.29, 0.717) is 0 Å². The molecule has 1 aromatic rings. The highest BCUT2D eigenvalue weighted by Gasteiger charge is 2.09. The van der Waals surface area contributed by atoms with E-state index in [1.165, 1.54) is 18.2 Å². The Hall–Kier alpha value is -1.93. The second-order valence-corrected chi connectivity index (χ2v) is 2.85. The van der Waals surface area contributed by atoms with Gasteiger partial charge in [0.1, 0.15) is 17.4 Å². The first-order valence-electron chi connectivity index (χ1n) is 4.32. The van der Waals surface area contributed by atoms with E-state index in [0.717, 1.165) is 0 Å². The number of hydrogen-bond acceptors (Lipinski definition) is 3. The van der Waals surface area contributed by atoms with Gasteiger partial charge in [0.15, 0.2) is 0 Å². The van der Waals surface area contributed by atoms with Gasteiger partial charge in [-0.1, -0.05) is 6.07 Å². The molecule has 1 rings (SSSR count). The highest BCUT2D eigenvalue weighted by molar-refractivity contribution is 5.93. The number of nitriles is 1. The monoisotopic (exact) mass is 207 g/mol. The molecule has 5 heteroatoms. The summed E-state index contributed by atoms with van der Waals surface area (Å²) >= 11 is 0. The lowest BCUT2D eigenvalue weighted by atomic mass is 10.2. The van der Waals surface area contributed by atoms with E-state index in [1.807, 2.05) is 0 Å². The number of nitrogens with one attached hydrogen (secondary N) is 2. The van der Waals surface area contributed by atoms with Crippen LogP contribution in [0, 0.1) is 17.1 Å². The zero-order valence-electron chi connectivity index (χ0n) is 8.17. The molecule has 0 radical (unpaired) electrons. The zero-order valence-corrected chi connectivity index (χ0v) is 8.17. The quantitative estimate of drug-likeness (QED) is 0.772. The van der Waals surface area contributed by atoms with Crippen molar-refractivity contribution in [2.45, 2.75) is 0 Å². The van der Waals surface area contributed by atoms with Crippen LogP contribution in [0.15, 0.2) is 18.2 Å². The van der Waals surface area contributed by atoms with Gasteiger partial charge >= 0.3 is 0 Å². The molecule has 4 nitrogen and oxygen atoms in total. The van der Waals surface area contributed by atoms with Crippen molar-refractivity contribution in [1.29, 1.82) is 5.26 Å². The van der Waals surface area contributed by atoms with E-state index in [4.69, 9.17) is 5.26 Å². The standard InChI is InChI=1S/C10H10FN3O/c1-13-6-10(15)14-9-4-2-3-8(11)7(9)5-12/h2-4,13H,6H2,1H3,(H,14,15). The topological polar surface area (TPSA) is 64.9 Å². The highest BCUT2D eigenvalue weighted by atomic mass is 19.1. The van der Waals surface area contributed by atoms with Crippen LogP contribution in [0.3, 0.4) is 0 Å². The molecule has 0 aromatic heterocycles. The van der Waals surface area contributed by atoms with Crippen LogP contribution >= 0.6 is 0 Å². The Balaban J connectivity index is 2.91. The third kappa shape index (κ3) is 2.76. The maximum absolute atomic E-state index is 13.1. The van der Waals surface area contributed by atoms with Crippen molar-refractivity contribution in [3.8, 4) is 6.07 Å². The number of carbonyl (C=O) groups excluding carboxylic acids is 1. The lowest BCUT2D eigenvalue weighted by Crippen LogP contribution is -2.25. The summed E-state index contributed by atoms with van der Waals surface area (Å²) in [6.45, 7) is 0.112. The van der Waals surface area contributed by atoms with E-state index in [1.54, 1.807) is 13.1 Å². The number of anilines is 1.